The van der Waals surface area contributed by atoms with Gasteiger partial charge in [-0.05, 0) is 53.1 Å². The molecule has 0 aliphatic carbocycles. The molecule has 0 aliphatic rings. The van der Waals surface area contributed by atoms with Gasteiger partial charge in [-0.3, -0.25) is 0 Å². The van der Waals surface area contributed by atoms with Gasteiger partial charge in [0.1, 0.15) is 5.82 Å². The minimum atomic E-state index is -3.88. The van der Waals surface area contributed by atoms with Gasteiger partial charge in [0.25, 0.3) is 0 Å². The van der Waals surface area contributed by atoms with Gasteiger partial charge >= 0.3 is 0 Å². The van der Waals surface area contributed by atoms with Crippen LogP contribution in [0.3, 0.4) is 0 Å². The molecule has 0 aliphatic heterocycles. The summed E-state index contributed by atoms with van der Waals surface area (Å²) in [6, 6.07) is 33.1. The Morgan fingerprint density at radius 3 is 1.69 bits per heavy atom. The molecular weight excluding hydrogens is 419 g/mol. The Labute approximate surface area is 187 Å². The summed E-state index contributed by atoms with van der Waals surface area (Å²) in [5.41, 5.74) is 2.80. The number of hydrogen-bond acceptors (Lipinski definition) is 2. The lowest BCUT2D eigenvalue weighted by atomic mass is 10.0. The van der Waals surface area contributed by atoms with Crippen molar-refractivity contribution in [2.45, 2.75) is 4.90 Å². The average Bonchev–Trinajstić information content (AvgIpc) is 2.84. The van der Waals surface area contributed by atoms with E-state index in [1.54, 1.807) is 48.5 Å². The Morgan fingerprint density at radius 1 is 0.594 bits per heavy atom. The Morgan fingerprint density at radius 2 is 1.09 bits per heavy atom. The average molecular weight is 441 g/mol. The molecule has 4 heteroatoms. The van der Waals surface area contributed by atoms with Crippen LogP contribution >= 0.6 is 0 Å². The molecule has 0 fully saturated rings. The third-order valence-corrected chi connectivity index (χ3v) is 6.78. The van der Waals surface area contributed by atoms with E-state index in [0.717, 1.165) is 11.1 Å². The molecule has 0 radical (unpaired) electrons. The quantitative estimate of drug-likeness (QED) is 0.242. The largest absolute Gasteiger partial charge is 0.218 e. The van der Waals surface area contributed by atoms with Crippen LogP contribution in [-0.4, -0.2) is 8.42 Å². The van der Waals surface area contributed by atoms with E-state index in [4.69, 9.17) is 0 Å². The summed E-state index contributed by atoms with van der Waals surface area (Å²) in [6.45, 7) is 0. The van der Waals surface area contributed by atoms with Gasteiger partial charge in [0, 0.05) is 5.57 Å². The van der Waals surface area contributed by atoms with Crippen molar-refractivity contribution in [2.24, 2.45) is 0 Å². The second kappa shape index (κ2) is 9.58. The highest BCUT2D eigenvalue weighted by Crippen LogP contribution is 2.35. The van der Waals surface area contributed by atoms with Gasteiger partial charge in [0.15, 0.2) is 0 Å². The fourth-order valence-electron chi connectivity index (χ4n) is 3.37. The van der Waals surface area contributed by atoms with E-state index in [1.165, 1.54) is 12.1 Å². The van der Waals surface area contributed by atoms with Gasteiger partial charge in [-0.2, -0.15) is 0 Å². The number of rotatable bonds is 6. The highest BCUT2D eigenvalue weighted by atomic mass is 32.2. The minimum Gasteiger partial charge on any atom is -0.218 e. The Hall–Kier alpha value is -3.76. The van der Waals surface area contributed by atoms with Crippen LogP contribution in [0.4, 0.5) is 4.39 Å². The monoisotopic (exact) mass is 440 g/mol. The second-order valence-electron chi connectivity index (χ2n) is 7.21. The van der Waals surface area contributed by atoms with Gasteiger partial charge in [-0.1, -0.05) is 91.0 Å². The first-order chi connectivity index (χ1) is 15.5. The lowest BCUT2D eigenvalue weighted by Gasteiger charge is -2.15. The van der Waals surface area contributed by atoms with Crippen molar-refractivity contribution in [2.75, 3.05) is 0 Å². The van der Waals surface area contributed by atoms with E-state index in [0.29, 0.717) is 11.1 Å². The van der Waals surface area contributed by atoms with Crippen LogP contribution in [0.15, 0.2) is 125 Å². The first-order valence-corrected chi connectivity index (χ1v) is 11.6. The zero-order valence-corrected chi connectivity index (χ0v) is 18.0. The van der Waals surface area contributed by atoms with Gasteiger partial charge in [0.2, 0.25) is 9.84 Å². The standard InChI is InChI=1S/C28H21FO2S/c29-25-18-16-23(17-19-25)21-28(32(30,31)26-14-8-3-9-15-26)27(24-12-6-2-7-13-24)20-22-10-4-1-5-11-22/h1-21H/b27-20+,28-21+. The SMILES string of the molecule is O=S(=O)(C(=C/c1ccc(F)cc1)/C(=C/c1ccccc1)c1ccccc1)c1ccccc1. The molecule has 0 bridgehead atoms. The predicted molar refractivity (Wildman–Crippen MR) is 129 cm³/mol. The van der Waals surface area contributed by atoms with Gasteiger partial charge < -0.3 is 0 Å². The molecule has 0 spiro atoms. The second-order valence-corrected chi connectivity index (χ2v) is 9.13. The highest BCUT2D eigenvalue weighted by molar-refractivity contribution is 7.96. The van der Waals surface area contributed by atoms with Crippen molar-refractivity contribution in [1.29, 1.82) is 0 Å². The molecule has 0 saturated heterocycles. The maximum atomic E-state index is 13.8. The molecule has 2 nitrogen and oxygen atoms in total. The fraction of sp³-hybridized carbons (Fsp3) is 0. The molecule has 4 rings (SSSR count). The Bertz CT molecular complexity index is 1340. The zero-order chi connectivity index (χ0) is 22.4. The zero-order valence-electron chi connectivity index (χ0n) is 17.2. The van der Waals surface area contributed by atoms with Crippen molar-refractivity contribution in [3.63, 3.8) is 0 Å². The molecule has 0 atom stereocenters. The van der Waals surface area contributed by atoms with Crippen molar-refractivity contribution in [3.05, 3.63) is 143 Å². The van der Waals surface area contributed by atoms with Crippen molar-refractivity contribution in [1.82, 2.24) is 0 Å². The lowest BCUT2D eigenvalue weighted by molar-refractivity contribution is 0.603. The third kappa shape index (κ3) is 4.93. The van der Waals surface area contributed by atoms with Crippen LogP contribution in [-0.2, 0) is 9.84 Å². The van der Waals surface area contributed by atoms with Crippen LogP contribution in [0.1, 0.15) is 16.7 Å². The first kappa shape index (κ1) is 21.5. The van der Waals surface area contributed by atoms with Gasteiger partial charge in [0.05, 0.1) is 9.80 Å². The summed E-state index contributed by atoms with van der Waals surface area (Å²) in [5.74, 6) is -0.377. The van der Waals surface area contributed by atoms with Crippen LogP contribution in [0.5, 0.6) is 0 Å². The Balaban J connectivity index is 2.00. The number of hydrogen-bond donors (Lipinski definition) is 0. The summed E-state index contributed by atoms with van der Waals surface area (Å²) in [7, 11) is -3.88. The van der Waals surface area contributed by atoms with E-state index in [2.05, 4.69) is 0 Å². The molecule has 0 saturated carbocycles. The van der Waals surface area contributed by atoms with E-state index >= 15 is 0 Å². The number of sulfone groups is 1. The number of benzene rings is 4. The maximum Gasteiger partial charge on any atom is 0.207 e. The first-order valence-electron chi connectivity index (χ1n) is 10.1. The molecule has 0 aromatic heterocycles. The molecule has 158 valence electrons. The topological polar surface area (TPSA) is 34.1 Å². The van der Waals surface area contributed by atoms with Crippen LogP contribution in [0.25, 0.3) is 17.7 Å². The molecule has 0 unspecified atom stereocenters. The molecule has 0 N–H and O–H groups in total. The molecule has 32 heavy (non-hydrogen) atoms. The fourth-order valence-corrected chi connectivity index (χ4v) is 4.89. The summed E-state index contributed by atoms with van der Waals surface area (Å²) >= 11 is 0. The van der Waals surface area contributed by atoms with E-state index < -0.39 is 9.84 Å². The van der Waals surface area contributed by atoms with Gasteiger partial charge in [-0.15, -0.1) is 0 Å². The van der Waals surface area contributed by atoms with Crippen LogP contribution < -0.4 is 0 Å². The molecule has 0 heterocycles. The van der Waals surface area contributed by atoms with Gasteiger partial charge in [-0.25, -0.2) is 12.8 Å². The smallest absolute Gasteiger partial charge is 0.207 e. The number of allylic oxidation sites excluding steroid dienone is 1. The van der Waals surface area contributed by atoms with Crippen LogP contribution in [0.2, 0.25) is 0 Å². The van der Waals surface area contributed by atoms with Crippen LogP contribution in [0, 0.1) is 5.82 Å². The van der Waals surface area contributed by atoms with E-state index in [1.807, 2.05) is 66.7 Å². The molecule has 4 aromatic rings. The van der Waals surface area contributed by atoms with E-state index in [9.17, 15) is 12.8 Å². The summed E-state index contributed by atoms with van der Waals surface area (Å²) < 4.78 is 41.1. The van der Waals surface area contributed by atoms with Crippen molar-refractivity contribution >= 4 is 27.6 Å². The maximum absolute atomic E-state index is 13.8. The molecule has 0 amide bonds. The Kier molecular flexibility index (Phi) is 6.43. The van der Waals surface area contributed by atoms with E-state index in [-0.39, 0.29) is 15.6 Å². The normalized spacial score (nSPS) is 12.5. The lowest BCUT2D eigenvalue weighted by Crippen LogP contribution is -2.07. The predicted octanol–water partition coefficient (Wildman–Crippen LogP) is 6.88. The highest BCUT2D eigenvalue weighted by Gasteiger charge is 2.25. The van der Waals surface area contributed by atoms with Crippen molar-refractivity contribution < 1.29 is 12.8 Å². The molecular formula is C28H21FO2S. The van der Waals surface area contributed by atoms with Crippen molar-refractivity contribution in [3.8, 4) is 0 Å². The summed E-state index contributed by atoms with van der Waals surface area (Å²) in [4.78, 5) is 0.341. The third-order valence-electron chi connectivity index (χ3n) is 4.97. The number of halogens is 1. The summed E-state index contributed by atoms with van der Waals surface area (Å²) in [5, 5.41) is 0. The summed E-state index contributed by atoms with van der Waals surface area (Å²) in [6.07, 6.45) is 3.47. The molecule has 4 aromatic carbocycles. The minimum absolute atomic E-state index is 0.144.